The number of ketones is 1. The molecule has 6 N–H and O–H groups in total. The zero-order valence-corrected chi connectivity index (χ0v) is 14.6. The van der Waals surface area contributed by atoms with Crippen molar-refractivity contribution in [1.82, 2.24) is 10.2 Å². The van der Waals surface area contributed by atoms with Gasteiger partial charge in [0.15, 0.2) is 0 Å². The molecule has 0 aliphatic carbocycles. The number of hydrogen-bond donors (Lipinski definition) is 4. The van der Waals surface area contributed by atoms with Crippen LogP contribution in [-0.4, -0.2) is 40.5 Å². The molecule has 0 fully saturated rings. The molecule has 0 saturated carbocycles. The second-order valence-electron chi connectivity index (χ2n) is 4.08. The third-order valence-corrected chi connectivity index (χ3v) is 2.12. The lowest BCUT2D eigenvalue weighted by Gasteiger charge is -2.04. The number of carbonyl (C=O) groups is 1. The number of aliphatic hydroxyl groups excluding tert-OH is 1. The molecule has 142 valence electrons. The van der Waals surface area contributed by atoms with Crippen LogP contribution >= 0.6 is 0 Å². The van der Waals surface area contributed by atoms with E-state index >= 15 is 0 Å². The number of carbonyl (C=O) groups excluding carboxylic acids is 1. The Morgan fingerprint density at radius 1 is 1.38 bits per heavy atom. The van der Waals surface area contributed by atoms with Crippen LogP contribution in [0.5, 0.6) is 0 Å². The molecule has 0 aromatic carbocycles. The van der Waals surface area contributed by atoms with Gasteiger partial charge >= 0.3 is 6.18 Å². The van der Waals surface area contributed by atoms with Gasteiger partial charge in [-0.1, -0.05) is 0 Å². The number of nitrogens with one attached hydrogen (secondary N) is 1. The molecule has 0 radical (unpaired) electrons. The highest BCUT2D eigenvalue weighted by atomic mass is 19.4. The molecule has 0 amide bonds. The van der Waals surface area contributed by atoms with Crippen LogP contribution in [-0.2, 0) is 9.53 Å². The normalized spacial score (nSPS) is 10.2. The molecule has 1 aromatic rings. The van der Waals surface area contributed by atoms with E-state index in [-0.39, 0.29) is 13.2 Å². The Hall–Kier alpha value is -1.91. The molecule has 1 rings (SSSR count). The van der Waals surface area contributed by atoms with E-state index in [2.05, 4.69) is 26.6 Å². The SMILES string of the molecule is CCO.CCO/C=C(\C)C(=O)C(F)(F)F.Cc1cn[nH]c1C.NN. The first kappa shape index (κ1) is 27.0. The zero-order valence-electron chi connectivity index (χ0n) is 14.6. The number of H-pyrrole nitrogens is 1. The number of rotatable bonds is 3. The molecule has 1 aromatic heterocycles. The predicted molar refractivity (Wildman–Crippen MR) is 85.6 cm³/mol. The van der Waals surface area contributed by atoms with Gasteiger partial charge < -0.3 is 9.84 Å². The molecule has 0 spiro atoms. The fraction of sp³-hybridized carbons (Fsp3) is 0.571. The maximum atomic E-state index is 11.7. The van der Waals surface area contributed by atoms with E-state index in [0.29, 0.717) is 0 Å². The highest BCUT2D eigenvalue weighted by molar-refractivity contribution is 5.98. The second kappa shape index (κ2) is 16.0. The smallest absolute Gasteiger partial charge is 0.454 e. The van der Waals surface area contributed by atoms with Crippen LogP contribution in [0.4, 0.5) is 13.2 Å². The van der Waals surface area contributed by atoms with E-state index < -0.39 is 17.5 Å². The molecule has 24 heavy (non-hydrogen) atoms. The summed E-state index contributed by atoms with van der Waals surface area (Å²) < 4.78 is 39.6. The monoisotopic (exact) mass is 356 g/mol. The molecule has 0 aliphatic heterocycles. The number of nitrogens with zero attached hydrogens (tertiary/aromatic N) is 1. The highest BCUT2D eigenvalue weighted by Crippen LogP contribution is 2.20. The Balaban J connectivity index is -0.000000309. The summed E-state index contributed by atoms with van der Waals surface area (Å²) in [5.41, 5.74) is 1.93. The van der Waals surface area contributed by atoms with E-state index in [0.717, 1.165) is 18.9 Å². The number of nitrogens with two attached hydrogens (primary N) is 2. The third-order valence-electron chi connectivity index (χ3n) is 2.12. The van der Waals surface area contributed by atoms with E-state index in [1.165, 1.54) is 5.56 Å². The van der Waals surface area contributed by atoms with Crippen LogP contribution in [0.3, 0.4) is 0 Å². The van der Waals surface area contributed by atoms with Gasteiger partial charge in [0.05, 0.1) is 19.1 Å². The number of alkyl halides is 3. The zero-order chi connectivity index (χ0) is 19.8. The maximum Gasteiger partial charge on any atom is 0.454 e. The lowest BCUT2D eigenvalue weighted by molar-refractivity contribution is -0.166. The van der Waals surface area contributed by atoms with Crippen molar-refractivity contribution in [2.45, 2.75) is 40.8 Å². The molecule has 1 heterocycles. The Morgan fingerprint density at radius 3 is 2.04 bits per heavy atom. The van der Waals surface area contributed by atoms with Crippen molar-refractivity contribution in [3.8, 4) is 0 Å². The summed E-state index contributed by atoms with van der Waals surface area (Å²) in [5, 5.41) is 14.2. The number of Topliss-reactive ketones (excluding diaryl/α,β-unsaturated/α-hetero) is 1. The second-order valence-corrected chi connectivity index (χ2v) is 4.08. The number of aromatic nitrogens is 2. The number of hydrazine groups is 1. The number of aromatic amines is 1. The predicted octanol–water partition coefficient (Wildman–Crippen LogP) is 1.90. The Morgan fingerprint density at radius 2 is 1.83 bits per heavy atom. The molecule has 10 heteroatoms. The fourth-order valence-corrected chi connectivity index (χ4v) is 0.896. The maximum absolute atomic E-state index is 11.7. The molecule has 7 nitrogen and oxygen atoms in total. The molecular weight excluding hydrogens is 329 g/mol. The molecule has 0 unspecified atom stereocenters. The van der Waals surface area contributed by atoms with Crippen molar-refractivity contribution in [3.63, 3.8) is 0 Å². The number of ether oxygens (including phenoxy) is 1. The first-order valence-electron chi connectivity index (χ1n) is 6.92. The lowest BCUT2D eigenvalue weighted by Crippen LogP contribution is -2.23. The van der Waals surface area contributed by atoms with Crippen LogP contribution in [0.25, 0.3) is 0 Å². The number of aliphatic hydroxyl groups is 1. The molecular formula is C14H27F3N4O3. The van der Waals surface area contributed by atoms with Gasteiger partial charge in [-0.2, -0.15) is 18.3 Å². The van der Waals surface area contributed by atoms with E-state index in [1.54, 1.807) is 13.8 Å². The molecule has 0 bridgehead atoms. The largest absolute Gasteiger partial charge is 0.501 e. The van der Waals surface area contributed by atoms with Gasteiger partial charge in [0, 0.05) is 17.9 Å². The Bertz CT molecular complexity index is 444. The van der Waals surface area contributed by atoms with Crippen LogP contribution in [0.1, 0.15) is 32.0 Å². The minimum Gasteiger partial charge on any atom is -0.501 e. The van der Waals surface area contributed by atoms with Gasteiger partial charge in [-0.05, 0) is 40.2 Å². The van der Waals surface area contributed by atoms with Crippen molar-refractivity contribution in [1.29, 1.82) is 0 Å². The Kier molecular flexibility index (Phi) is 17.9. The molecule has 0 saturated heterocycles. The minimum absolute atomic E-state index is 0.239. The number of halogens is 3. The van der Waals surface area contributed by atoms with Gasteiger partial charge in [-0.3, -0.25) is 21.6 Å². The first-order valence-corrected chi connectivity index (χ1v) is 6.92. The van der Waals surface area contributed by atoms with E-state index in [9.17, 15) is 18.0 Å². The fourth-order valence-electron chi connectivity index (χ4n) is 0.896. The third kappa shape index (κ3) is 15.0. The van der Waals surface area contributed by atoms with Crippen molar-refractivity contribution >= 4 is 5.78 Å². The number of hydrogen-bond acceptors (Lipinski definition) is 6. The Labute approximate surface area is 139 Å². The summed E-state index contributed by atoms with van der Waals surface area (Å²) in [5.74, 6) is 6.14. The quantitative estimate of drug-likeness (QED) is 0.283. The van der Waals surface area contributed by atoms with Gasteiger partial charge in [0.25, 0.3) is 5.78 Å². The van der Waals surface area contributed by atoms with Crippen LogP contribution in [0.2, 0.25) is 0 Å². The standard InChI is InChI=1S/C7H9F3O2.C5H8N2.C2H6O.H4N2/c1-3-12-4-5(2)6(11)7(8,9)10;1-4-3-6-7-5(4)2;1-2-3;1-2/h4H,3H2,1-2H3;3H,1-2H3,(H,6,7);3H,2H2,1H3;1-2H2/b5-4+;;;. The van der Waals surface area contributed by atoms with Gasteiger partial charge in [0.1, 0.15) is 0 Å². The molecule has 0 atom stereocenters. The van der Waals surface area contributed by atoms with Crippen molar-refractivity contribution in [2.24, 2.45) is 11.7 Å². The van der Waals surface area contributed by atoms with E-state index in [1.807, 2.05) is 20.0 Å². The summed E-state index contributed by atoms with van der Waals surface area (Å²) >= 11 is 0. The number of aryl methyl sites for hydroxylation is 2. The first-order chi connectivity index (χ1) is 11.1. The van der Waals surface area contributed by atoms with Gasteiger partial charge in [0.2, 0.25) is 0 Å². The number of allylic oxidation sites excluding steroid dienone is 1. The average Bonchev–Trinajstić information content (AvgIpc) is 2.90. The van der Waals surface area contributed by atoms with Crippen LogP contribution in [0, 0.1) is 13.8 Å². The van der Waals surface area contributed by atoms with Gasteiger partial charge in [-0.15, -0.1) is 0 Å². The van der Waals surface area contributed by atoms with Crippen LogP contribution in [0.15, 0.2) is 18.0 Å². The van der Waals surface area contributed by atoms with Gasteiger partial charge in [-0.25, -0.2) is 0 Å². The summed E-state index contributed by atoms with van der Waals surface area (Å²) in [6.45, 7) is 8.87. The summed E-state index contributed by atoms with van der Waals surface area (Å²) in [6, 6.07) is 0. The van der Waals surface area contributed by atoms with Crippen LogP contribution < -0.4 is 11.7 Å². The van der Waals surface area contributed by atoms with E-state index in [4.69, 9.17) is 5.11 Å². The lowest BCUT2D eigenvalue weighted by atomic mass is 10.2. The highest BCUT2D eigenvalue weighted by Gasteiger charge is 2.39. The average molecular weight is 356 g/mol. The minimum atomic E-state index is -4.81. The van der Waals surface area contributed by atoms with Crippen molar-refractivity contribution in [2.75, 3.05) is 13.2 Å². The summed E-state index contributed by atoms with van der Waals surface area (Å²) in [6.07, 6.45) is -2.18. The van der Waals surface area contributed by atoms with Crippen molar-refractivity contribution < 1.29 is 27.8 Å². The van der Waals surface area contributed by atoms with Crippen molar-refractivity contribution in [3.05, 3.63) is 29.3 Å². The summed E-state index contributed by atoms with van der Waals surface area (Å²) in [7, 11) is 0. The topological polar surface area (TPSA) is 127 Å². The molecule has 0 aliphatic rings. The summed E-state index contributed by atoms with van der Waals surface area (Å²) in [4.78, 5) is 10.4.